The van der Waals surface area contributed by atoms with Crippen LogP contribution in [0.3, 0.4) is 0 Å². The summed E-state index contributed by atoms with van der Waals surface area (Å²) in [5.41, 5.74) is -0.638. The number of hydrogen-bond acceptors (Lipinski definition) is 4. The number of carbonyl (C=O) groups excluding carboxylic acids is 2. The van der Waals surface area contributed by atoms with Gasteiger partial charge in [0.05, 0.1) is 5.69 Å². The maximum atomic E-state index is 11.3. The molecule has 6 nitrogen and oxygen atoms in total. The van der Waals surface area contributed by atoms with Gasteiger partial charge in [0, 0.05) is 12.5 Å². The molecule has 90 valence electrons. The van der Waals surface area contributed by atoms with Crippen LogP contribution in [0.5, 0.6) is 5.75 Å². The number of Topliss-reactive ketones (excluding diaryl/α,β-unsaturated/α-hetero) is 1. The minimum absolute atomic E-state index is 0.0374. The van der Waals surface area contributed by atoms with Crippen LogP contribution in [0.15, 0.2) is 12.1 Å². The SMILES string of the molecule is CC(=O)Nc1c(C(C)=O)ccc(O)c1C(=O)O. The minimum atomic E-state index is -1.42. The number of carbonyl (C=O) groups is 3. The van der Waals surface area contributed by atoms with Crippen LogP contribution in [0, 0.1) is 0 Å². The molecule has 0 unspecified atom stereocenters. The lowest BCUT2D eigenvalue weighted by atomic mass is 10.0. The number of phenols is 1. The molecule has 0 saturated carbocycles. The fourth-order valence-electron chi connectivity index (χ4n) is 1.41. The molecule has 0 bridgehead atoms. The van der Waals surface area contributed by atoms with E-state index in [2.05, 4.69) is 5.32 Å². The molecule has 1 rings (SSSR count). The molecule has 0 aliphatic rings. The predicted octanol–water partition coefficient (Wildman–Crippen LogP) is 1.25. The smallest absolute Gasteiger partial charge is 0.341 e. The van der Waals surface area contributed by atoms with Gasteiger partial charge < -0.3 is 15.5 Å². The van der Waals surface area contributed by atoms with E-state index in [9.17, 15) is 19.5 Å². The Kier molecular flexibility index (Phi) is 3.47. The molecule has 1 amide bonds. The number of amides is 1. The third-order valence-electron chi connectivity index (χ3n) is 2.08. The molecule has 0 fully saturated rings. The molecule has 0 aromatic heterocycles. The van der Waals surface area contributed by atoms with E-state index < -0.39 is 29.0 Å². The highest BCUT2D eigenvalue weighted by molar-refractivity contribution is 6.10. The molecule has 0 heterocycles. The number of anilines is 1. The van der Waals surface area contributed by atoms with Gasteiger partial charge in [0.25, 0.3) is 0 Å². The van der Waals surface area contributed by atoms with Crippen LogP contribution in [-0.2, 0) is 4.79 Å². The highest BCUT2D eigenvalue weighted by Gasteiger charge is 2.21. The van der Waals surface area contributed by atoms with Crippen molar-refractivity contribution in [2.45, 2.75) is 13.8 Å². The molecule has 17 heavy (non-hydrogen) atoms. The van der Waals surface area contributed by atoms with E-state index in [0.717, 1.165) is 6.07 Å². The molecule has 0 aliphatic heterocycles. The third kappa shape index (κ3) is 2.60. The van der Waals surface area contributed by atoms with E-state index in [1.165, 1.54) is 19.9 Å². The van der Waals surface area contributed by atoms with Crippen molar-refractivity contribution in [3.05, 3.63) is 23.3 Å². The molecule has 0 saturated heterocycles. The summed E-state index contributed by atoms with van der Waals surface area (Å²) in [4.78, 5) is 33.3. The number of carboxylic acid groups (broad SMARTS) is 1. The maximum absolute atomic E-state index is 11.3. The summed E-state index contributed by atoms with van der Waals surface area (Å²) in [7, 11) is 0. The second-order valence-electron chi connectivity index (χ2n) is 3.42. The Labute approximate surface area is 96.9 Å². The standard InChI is InChI=1S/C11H11NO5/c1-5(13)7-3-4-8(15)9(11(16)17)10(7)12-6(2)14/h3-4,15H,1-2H3,(H,12,14)(H,16,17). The number of rotatable bonds is 3. The maximum Gasteiger partial charge on any atom is 0.341 e. The Morgan fingerprint density at radius 2 is 1.76 bits per heavy atom. The predicted molar refractivity (Wildman–Crippen MR) is 59.4 cm³/mol. The lowest BCUT2D eigenvalue weighted by molar-refractivity contribution is -0.114. The number of aromatic hydroxyl groups is 1. The van der Waals surface area contributed by atoms with Gasteiger partial charge >= 0.3 is 5.97 Å². The number of ketones is 1. The molecule has 0 radical (unpaired) electrons. The molecule has 0 aliphatic carbocycles. The van der Waals surface area contributed by atoms with Gasteiger partial charge in [-0.2, -0.15) is 0 Å². The Bertz CT molecular complexity index is 507. The van der Waals surface area contributed by atoms with E-state index >= 15 is 0 Å². The number of nitrogens with one attached hydrogen (secondary N) is 1. The van der Waals surface area contributed by atoms with Crippen molar-refractivity contribution in [2.75, 3.05) is 5.32 Å². The fourth-order valence-corrected chi connectivity index (χ4v) is 1.41. The molecule has 1 aromatic carbocycles. The van der Waals surface area contributed by atoms with Crippen molar-refractivity contribution in [1.29, 1.82) is 0 Å². The van der Waals surface area contributed by atoms with Gasteiger partial charge in [-0.1, -0.05) is 0 Å². The summed E-state index contributed by atoms with van der Waals surface area (Å²) in [5, 5.41) is 20.6. The van der Waals surface area contributed by atoms with E-state index in [4.69, 9.17) is 5.11 Å². The molecule has 1 aromatic rings. The van der Waals surface area contributed by atoms with E-state index in [1.807, 2.05) is 0 Å². The normalized spacial score (nSPS) is 9.76. The summed E-state index contributed by atoms with van der Waals surface area (Å²) < 4.78 is 0. The Morgan fingerprint density at radius 1 is 1.18 bits per heavy atom. The molecule has 3 N–H and O–H groups in total. The van der Waals surface area contributed by atoms with Crippen molar-refractivity contribution >= 4 is 23.3 Å². The molecular formula is C11H11NO5. The number of benzene rings is 1. The van der Waals surface area contributed by atoms with Crippen LogP contribution >= 0.6 is 0 Å². The second-order valence-corrected chi connectivity index (χ2v) is 3.42. The van der Waals surface area contributed by atoms with E-state index in [-0.39, 0.29) is 11.3 Å². The van der Waals surface area contributed by atoms with Crippen LogP contribution in [0.25, 0.3) is 0 Å². The third-order valence-corrected chi connectivity index (χ3v) is 2.08. The van der Waals surface area contributed by atoms with Crippen LogP contribution in [-0.4, -0.2) is 27.9 Å². The topological polar surface area (TPSA) is 104 Å². The lowest BCUT2D eigenvalue weighted by Crippen LogP contribution is -2.14. The Balaban J connectivity index is 3.55. The van der Waals surface area contributed by atoms with Crippen molar-refractivity contribution in [1.82, 2.24) is 0 Å². The van der Waals surface area contributed by atoms with Gasteiger partial charge in [-0.25, -0.2) is 4.79 Å². The molecular weight excluding hydrogens is 226 g/mol. The van der Waals surface area contributed by atoms with Gasteiger partial charge in [-0.3, -0.25) is 9.59 Å². The van der Waals surface area contributed by atoms with Gasteiger partial charge in [0.15, 0.2) is 5.78 Å². The highest BCUT2D eigenvalue weighted by Crippen LogP contribution is 2.29. The first kappa shape index (κ1) is 12.7. The average molecular weight is 237 g/mol. The average Bonchev–Trinajstić information content (AvgIpc) is 2.15. The number of aromatic carboxylic acids is 1. The zero-order valence-corrected chi connectivity index (χ0v) is 9.27. The van der Waals surface area contributed by atoms with Crippen LogP contribution in [0.4, 0.5) is 5.69 Å². The van der Waals surface area contributed by atoms with Gasteiger partial charge in [-0.15, -0.1) is 0 Å². The van der Waals surface area contributed by atoms with Gasteiger partial charge in [0.2, 0.25) is 5.91 Å². The summed E-state index contributed by atoms with van der Waals surface area (Å²) in [6.07, 6.45) is 0. The van der Waals surface area contributed by atoms with Gasteiger partial charge in [0.1, 0.15) is 11.3 Å². The zero-order valence-electron chi connectivity index (χ0n) is 9.27. The quantitative estimate of drug-likeness (QED) is 0.686. The van der Waals surface area contributed by atoms with Crippen molar-refractivity contribution in [3.8, 4) is 5.75 Å². The largest absolute Gasteiger partial charge is 0.507 e. The molecule has 0 atom stereocenters. The van der Waals surface area contributed by atoms with Crippen LogP contribution in [0.2, 0.25) is 0 Å². The van der Waals surface area contributed by atoms with Gasteiger partial charge in [-0.05, 0) is 19.1 Å². The monoisotopic (exact) mass is 237 g/mol. The minimum Gasteiger partial charge on any atom is -0.507 e. The molecule has 6 heteroatoms. The van der Waals surface area contributed by atoms with E-state index in [0.29, 0.717) is 0 Å². The number of carboxylic acids is 1. The summed E-state index contributed by atoms with van der Waals surface area (Å²) in [6, 6.07) is 2.36. The first-order valence-electron chi connectivity index (χ1n) is 4.72. The first-order valence-corrected chi connectivity index (χ1v) is 4.72. The molecule has 0 spiro atoms. The lowest BCUT2D eigenvalue weighted by Gasteiger charge is -2.12. The van der Waals surface area contributed by atoms with Crippen LogP contribution in [0.1, 0.15) is 34.6 Å². The van der Waals surface area contributed by atoms with Crippen LogP contribution < -0.4 is 5.32 Å². The Morgan fingerprint density at radius 3 is 2.18 bits per heavy atom. The van der Waals surface area contributed by atoms with Crippen molar-refractivity contribution in [2.24, 2.45) is 0 Å². The van der Waals surface area contributed by atoms with Crippen molar-refractivity contribution < 1.29 is 24.6 Å². The summed E-state index contributed by atoms with van der Waals surface area (Å²) >= 11 is 0. The first-order chi connectivity index (χ1) is 7.84. The number of hydrogen-bond donors (Lipinski definition) is 3. The highest BCUT2D eigenvalue weighted by atomic mass is 16.4. The Hall–Kier alpha value is -2.37. The van der Waals surface area contributed by atoms with E-state index in [1.54, 1.807) is 0 Å². The van der Waals surface area contributed by atoms with Crippen molar-refractivity contribution in [3.63, 3.8) is 0 Å². The second kappa shape index (κ2) is 4.65. The zero-order chi connectivity index (χ0) is 13.2. The summed E-state index contributed by atoms with van der Waals surface area (Å²) in [5.74, 6) is -2.86. The summed E-state index contributed by atoms with van der Waals surface area (Å²) in [6.45, 7) is 2.42. The fraction of sp³-hybridized carbons (Fsp3) is 0.182.